The van der Waals surface area contributed by atoms with Crippen LogP contribution in [0.4, 0.5) is 0 Å². The molecule has 2 heterocycles. The summed E-state index contributed by atoms with van der Waals surface area (Å²) in [6.07, 6.45) is 1.40. The molecule has 0 bridgehead atoms. The summed E-state index contributed by atoms with van der Waals surface area (Å²) < 4.78 is 11.5. The molecule has 2 N–H and O–H groups in total. The van der Waals surface area contributed by atoms with Crippen LogP contribution in [0.25, 0.3) is 22.8 Å². The van der Waals surface area contributed by atoms with E-state index in [0.29, 0.717) is 73.9 Å². The van der Waals surface area contributed by atoms with E-state index in [1.165, 1.54) is 0 Å². The number of azo groups is 1. The third-order valence-corrected chi connectivity index (χ3v) is 7.86. The average Bonchev–Trinajstić information content (AvgIpc) is 3.19. The third-order valence-electron chi connectivity index (χ3n) is 7.86. The number of aryl methyl sites for hydroxylation is 2. The molecule has 54 heavy (non-hydrogen) atoms. The van der Waals surface area contributed by atoms with Crippen molar-refractivity contribution in [3.05, 3.63) is 60.2 Å². The first kappa shape index (κ1) is 40.2. The predicted molar refractivity (Wildman–Crippen MR) is 193 cm³/mol. The lowest BCUT2D eigenvalue weighted by molar-refractivity contribution is -0.122. The molecule has 2 amide bonds. The molecule has 280 valence electrons. The molecule has 0 saturated heterocycles. The first-order chi connectivity index (χ1) is 26.0. The molecule has 0 aliphatic heterocycles. The molecule has 2 aromatic heterocycles. The van der Waals surface area contributed by atoms with Crippen LogP contribution in [-0.2, 0) is 9.59 Å². The fraction of sp³-hybridized carbons (Fsp3) is 0.444. The van der Waals surface area contributed by atoms with Gasteiger partial charge < -0.3 is 20.1 Å². The Kier molecular flexibility index (Phi) is 14.8. The Labute approximate surface area is 312 Å². The minimum Gasteiger partial charge on any atom is -0.494 e. The van der Waals surface area contributed by atoms with E-state index in [0.717, 1.165) is 11.1 Å². The first-order valence-electron chi connectivity index (χ1n) is 17.3. The van der Waals surface area contributed by atoms with E-state index >= 15 is 0 Å². The van der Waals surface area contributed by atoms with Crippen LogP contribution in [0.2, 0.25) is 0 Å². The second-order valence-electron chi connectivity index (χ2n) is 12.7. The number of benzene rings is 2. The molecule has 0 saturated carbocycles. The Balaban J connectivity index is 1.09. The highest BCUT2D eigenvalue weighted by Gasteiger charge is 2.29. The van der Waals surface area contributed by atoms with Crippen molar-refractivity contribution in [2.45, 2.75) is 77.3 Å². The zero-order chi connectivity index (χ0) is 38.8. The molecular formula is C36H42N14O4. The summed E-state index contributed by atoms with van der Waals surface area (Å²) >= 11 is 0. The largest absolute Gasteiger partial charge is 0.494 e. The summed E-state index contributed by atoms with van der Waals surface area (Å²) in [7, 11) is 0. The van der Waals surface area contributed by atoms with Crippen LogP contribution in [0.3, 0.4) is 0 Å². The van der Waals surface area contributed by atoms with Gasteiger partial charge in [0.25, 0.3) is 0 Å². The minimum absolute atomic E-state index is 0.0364. The van der Waals surface area contributed by atoms with Gasteiger partial charge in [0.2, 0.25) is 23.5 Å². The summed E-state index contributed by atoms with van der Waals surface area (Å²) in [5, 5.41) is 65.2. The normalized spacial score (nSPS) is 13.1. The van der Waals surface area contributed by atoms with E-state index in [2.05, 4.69) is 73.8 Å². The minimum atomic E-state index is -1.33. The number of rotatable bonds is 20. The standard InChI is InChI=1S/C36H42N14O4/c1-25-41-45-33(46-42-25)27-7-11-29(12-8-27)53-21-5-19-39-31(51)15-17-35(3,23-37)49-50-36(4,24-38)18-16-32(52)40-20-6-22-54-30-13-9-28(10-14-30)34-47-43-26(2)44-48-34/h7-14H,5-6,15-22H2,1-4H3,(H,39,51)(H,40,52). The van der Waals surface area contributed by atoms with Gasteiger partial charge in [-0.05, 0) is 102 Å². The molecule has 0 aliphatic rings. The number of carbonyl (C=O) groups excluding carboxylic acids is 2. The average molecular weight is 735 g/mol. The lowest BCUT2D eigenvalue weighted by Crippen LogP contribution is -2.30. The number of carbonyl (C=O) groups is 2. The molecule has 0 fully saturated rings. The maximum absolute atomic E-state index is 12.5. The van der Waals surface area contributed by atoms with Crippen molar-refractivity contribution in [2.75, 3.05) is 26.3 Å². The zero-order valence-electron chi connectivity index (χ0n) is 30.7. The van der Waals surface area contributed by atoms with Crippen LogP contribution in [0.15, 0.2) is 58.8 Å². The van der Waals surface area contributed by atoms with Crippen molar-refractivity contribution in [3.63, 3.8) is 0 Å². The quantitative estimate of drug-likeness (QED) is 0.0967. The Morgan fingerprint density at radius 2 is 0.981 bits per heavy atom. The van der Waals surface area contributed by atoms with Gasteiger partial charge in [-0.15, -0.1) is 40.8 Å². The van der Waals surface area contributed by atoms with E-state index < -0.39 is 11.1 Å². The summed E-state index contributed by atoms with van der Waals surface area (Å²) in [6.45, 7) is 8.05. The van der Waals surface area contributed by atoms with E-state index in [1.807, 2.05) is 24.3 Å². The van der Waals surface area contributed by atoms with Crippen LogP contribution < -0.4 is 20.1 Å². The number of nitrogens with one attached hydrogen (secondary N) is 2. The Morgan fingerprint density at radius 3 is 1.31 bits per heavy atom. The van der Waals surface area contributed by atoms with Crippen molar-refractivity contribution < 1.29 is 19.1 Å². The van der Waals surface area contributed by atoms with Gasteiger partial charge in [0, 0.05) is 37.1 Å². The van der Waals surface area contributed by atoms with Gasteiger partial charge in [0.05, 0.1) is 25.4 Å². The first-order valence-corrected chi connectivity index (χ1v) is 17.3. The van der Waals surface area contributed by atoms with Crippen molar-refractivity contribution in [3.8, 4) is 46.4 Å². The number of aromatic nitrogens is 8. The molecule has 18 heteroatoms. The van der Waals surface area contributed by atoms with Crippen LogP contribution in [-0.4, -0.2) is 90.0 Å². The topological polar surface area (TPSA) is 252 Å². The Morgan fingerprint density at radius 1 is 0.630 bits per heavy atom. The van der Waals surface area contributed by atoms with Crippen LogP contribution in [0.1, 0.15) is 64.0 Å². The van der Waals surface area contributed by atoms with E-state index in [-0.39, 0.29) is 37.5 Å². The number of nitrogens with zero attached hydrogens (tertiary/aromatic N) is 12. The molecule has 0 aliphatic carbocycles. The molecular weight excluding hydrogens is 692 g/mol. The van der Waals surface area contributed by atoms with Crippen LogP contribution in [0, 0.1) is 36.5 Å². The third kappa shape index (κ3) is 13.2. The highest BCUT2D eigenvalue weighted by atomic mass is 16.5. The summed E-state index contributed by atoms with van der Waals surface area (Å²) in [5.74, 6) is 2.65. The molecule has 18 nitrogen and oxygen atoms in total. The Hall–Kier alpha value is -6.56. The molecule has 4 aromatic rings. The number of amides is 2. The van der Waals surface area contributed by atoms with E-state index in [4.69, 9.17) is 9.47 Å². The number of hydrogen-bond donors (Lipinski definition) is 2. The van der Waals surface area contributed by atoms with Crippen LogP contribution >= 0.6 is 0 Å². The van der Waals surface area contributed by atoms with Crippen molar-refractivity contribution in [2.24, 2.45) is 10.2 Å². The van der Waals surface area contributed by atoms with Crippen molar-refractivity contribution in [1.29, 1.82) is 10.5 Å². The Bertz CT molecular complexity index is 1790. The lowest BCUT2D eigenvalue weighted by Gasteiger charge is -2.19. The highest BCUT2D eigenvalue weighted by Crippen LogP contribution is 2.24. The van der Waals surface area contributed by atoms with Gasteiger partial charge in [0.1, 0.15) is 11.5 Å². The monoisotopic (exact) mass is 734 g/mol. The summed E-state index contributed by atoms with van der Waals surface area (Å²) in [5.41, 5.74) is -1.13. The molecule has 2 atom stereocenters. The van der Waals surface area contributed by atoms with E-state index in [1.54, 1.807) is 52.0 Å². The van der Waals surface area contributed by atoms with Gasteiger partial charge in [-0.1, -0.05) is 0 Å². The molecule has 4 rings (SSSR count). The number of ether oxygens (including phenoxy) is 2. The summed E-state index contributed by atoms with van der Waals surface area (Å²) in [4.78, 5) is 24.9. The van der Waals surface area contributed by atoms with Gasteiger partial charge >= 0.3 is 0 Å². The fourth-order valence-corrected chi connectivity index (χ4v) is 4.54. The highest BCUT2D eigenvalue weighted by molar-refractivity contribution is 5.76. The van der Waals surface area contributed by atoms with Gasteiger partial charge in [0.15, 0.2) is 22.7 Å². The van der Waals surface area contributed by atoms with Gasteiger partial charge in [-0.2, -0.15) is 20.8 Å². The van der Waals surface area contributed by atoms with Gasteiger partial charge in [-0.25, -0.2) is 0 Å². The molecule has 0 radical (unpaired) electrons. The van der Waals surface area contributed by atoms with Gasteiger partial charge in [-0.3, -0.25) is 9.59 Å². The smallest absolute Gasteiger partial charge is 0.220 e. The number of nitriles is 2. The maximum Gasteiger partial charge on any atom is 0.220 e. The second-order valence-corrected chi connectivity index (χ2v) is 12.7. The van der Waals surface area contributed by atoms with Crippen molar-refractivity contribution in [1.82, 2.24) is 51.4 Å². The zero-order valence-corrected chi connectivity index (χ0v) is 30.7. The van der Waals surface area contributed by atoms with E-state index in [9.17, 15) is 20.1 Å². The number of hydrogen-bond acceptors (Lipinski definition) is 16. The molecule has 2 aromatic carbocycles. The summed E-state index contributed by atoms with van der Waals surface area (Å²) in [6, 6.07) is 18.6. The maximum atomic E-state index is 12.5. The molecule has 0 spiro atoms. The predicted octanol–water partition coefficient (Wildman–Crippen LogP) is 3.85. The second kappa shape index (κ2) is 19.9. The van der Waals surface area contributed by atoms with Crippen molar-refractivity contribution >= 4 is 11.8 Å². The SMILES string of the molecule is Cc1nnc(-c2ccc(OCCCNC(=O)CCC(C)(C#N)N=NC(C)(C#N)CCC(=O)NCCCOc3ccc(-c4nnc(C)nn4)cc3)cc2)nn1. The van der Waals surface area contributed by atoms with Crippen LogP contribution in [0.5, 0.6) is 11.5 Å². The fourth-order valence-electron chi connectivity index (χ4n) is 4.54. The molecule has 2 unspecified atom stereocenters. The lowest BCUT2D eigenvalue weighted by atomic mass is 9.97.